The molecule has 1 aromatic carbocycles. The van der Waals surface area contributed by atoms with Crippen molar-refractivity contribution in [3.63, 3.8) is 0 Å². The Bertz CT molecular complexity index is 525. The van der Waals surface area contributed by atoms with Gasteiger partial charge in [-0.3, -0.25) is 0 Å². The van der Waals surface area contributed by atoms with Gasteiger partial charge in [-0.05, 0) is 18.2 Å². The number of aromatic amines is 1. The van der Waals surface area contributed by atoms with Crippen LogP contribution < -0.4 is 10.5 Å². The quantitative estimate of drug-likeness (QED) is 0.870. The van der Waals surface area contributed by atoms with Crippen LogP contribution in [0.2, 0.25) is 10.2 Å². The van der Waals surface area contributed by atoms with E-state index in [-0.39, 0.29) is 5.95 Å². The molecule has 2 rings (SSSR count). The zero-order chi connectivity index (χ0) is 11.7. The van der Waals surface area contributed by atoms with Crippen molar-refractivity contribution >= 4 is 29.2 Å². The highest BCUT2D eigenvalue weighted by molar-refractivity contribution is 6.35. The minimum Gasteiger partial charge on any atom is -0.497 e. The van der Waals surface area contributed by atoms with Gasteiger partial charge in [-0.1, -0.05) is 23.2 Å². The maximum atomic E-state index is 6.09. The summed E-state index contributed by atoms with van der Waals surface area (Å²) in [5, 5.41) is 0.873. The second-order valence-electron chi connectivity index (χ2n) is 3.13. The molecule has 0 saturated heterocycles. The van der Waals surface area contributed by atoms with Crippen LogP contribution in [-0.2, 0) is 0 Å². The molecule has 0 aliphatic carbocycles. The Morgan fingerprint density at radius 3 is 2.62 bits per heavy atom. The molecule has 1 aromatic heterocycles. The topological polar surface area (TPSA) is 63.9 Å². The second kappa shape index (κ2) is 4.23. The van der Waals surface area contributed by atoms with Gasteiger partial charge in [-0.25, -0.2) is 4.98 Å². The largest absolute Gasteiger partial charge is 0.497 e. The first-order valence-corrected chi connectivity index (χ1v) is 5.22. The fourth-order valence-corrected chi connectivity index (χ4v) is 1.86. The fraction of sp³-hybridized carbons (Fsp3) is 0.100. The van der Waals surface area contributed by atoms with Crippen LogP contribution in [0, 0.1) is 0 Å². The number of nitrogens with one attached hydrogen (secondary N) is 1. The normalized spacial score (nSPS) is 10.4. The lowest BCUT2D eigenvalue weighted by atomic mass is 10.1. The Kier molecular flexibility index (Phi) is 2.94. The molecule has 0 spiro atoms. The van der Waals surface area contributed by atoms with Crippen LogP contribution in [0.15, 0.2) is 18.2 Å². The molecule has 3 N–H and O–H groups in total. The molecule has 2 aromatic rings. The van der Waals surface area contributed by atoms with Crippen molar-refractivity contribution in [2.75, 3.05) is 12.8 Å². The van der Waals surface area contributed by atoms with Crippen LogP contribution >= 0.6 is 23.2 Å². The van der Waals surface area contributed by atoms with Crippen LogP contribution in [-0.4, -0.2) is 17.1 Å². The lowest BCUT2D eigenvalue weighted by Gasteiger charge is -2.04. The van der Waals surface area contributed by atoms with E-state index in [4.69, 9.17) is 33.7 Å². The van der Waals surface area contributed by atoms with Gasteiger partial charge in [-0.15, -0.1) is 0 Å². The Balaban J connectivity index is 2.52. The third-order valence-corrected chi connectivity index (χ3v) is 2.70. The summed E-state index contributed by atoms with van der Waals surface area (Å²) in [6, 6.07) is 5.25. The molecule has 0 fully saturated rings. The highest BCUT2D eigenvalue weighted by Gasteiger charge is 2.12. The van der Waals surface area contributed by atoms with Crippen molar-refractivity contribution < 1.29 is 4.74 Å². The number of hydrogen-bond donors (Lipinski definition) is 2. The Labute approximate surface area is 102 Å². The summed E-state index contributed by atoms with van der Waals surface area (Å²) in [6.45, 7) is 0. The predicted molar refractivity (Wildman–Crippen MR) is 65.0 cm³/mol. The van der Waals surface area contributed by atoms with Crippen molar-refractivity contribution in [3.05, 3.63) is 28.4 Å². The van der Waals surface area contributed by atoms with E-state index < -0.39 is 0 Å². The molecule has 84 valence electrons. The number of imidazole rings is 1. The number of anilines is 1. The average Bonchev–Trinajstić information content (AvgIpc) is 2.57. The second-order valence-corrected chi connectivity index (χ2v) is 3.92. The number of H-pyrrole nitrogens is 1. The van der Waals surface area contributed by atoms with Crippen molar-refractivity contribution in [1.29, 1.82) is 0 Å². The molecule has 6 heteroatoms. The number of nitrogen functional groups attached to an aromatic ring is 1. The number of nitrogens with zero attached hydrogens (tertiary/aromatic N) is 1. The Hall–Kier alpha value is -1.39. The number of methoxy groups -OCH3 is 1. The van der Waals surface area contributed by atoms with Crippen LogP contribution in [0.3, 0.4) is 0 Å². The van der Waals surface area contributed by atoms with Gasteiger partial charge in [0.05, 0.1) is 12.1 Å². The van der Waals surface area contributed by atoms with E-state index in [1.165, 1.54) is 0 Å². The van der Waals surface area contributed by atoms with E-state index in [2.05, 4.69) is 9.97 Å². The number of benzene rings is 1. The van der Waals surface area contributed by atoms with Crippen molar-refractivity contribution in [3.8, 4) is 17.0 Å². The minimum absolute atomic E-state index is 0.256. The van der Waals surface area contributed by atoms with Crippen LogP contribution in [0.4, 0.5) is 5.95 Å². The monoisotopic (exact) mass is 257 g/mol. The summed E-state index contributed by atoms with van der Waals surface area (Å²) in [6.07, 6.45) is 0. The van der Waals surface area contributed by atoms with Crippen LogP contribution in [0.25, 0.3) is 11.3 Å². The highest BCUT2D eigenvalue weighted by atomic mass is 35.5. The van der Waals surface area contributed by atoms with E-state index in [1.807, 2.05) is 0 Å². The predicted octanol–water partition coefficient (Wildman–Crippen LogP) is 2.97. The number of aromatic nitrogens is 2. The van der Waals surface area contributed by atoms with Crippen LogP contribution in [0.5, 0.6) is 5.75 Å². The maximum absolute atomic E-state index is 6.09. The van der Waals surface area contributed by atoms with Gasteiger partial charge in [0, 0.05) is 5.56 Å². The number of rotatable bonds is 2. The summed E-state index contributed by atoms with van der Waals surface area (Å²) in [5.41, 5.74) is 6.75. The van der Waals surface area contributed by atoms with Gasteiger partial charge < -0.3 is 15.5 Å². The van der Waals surface area contributed by atoms with E-state index in [1.54, 1.807) is 25.3 Å². The number of ether oxygens (including phenoxy) is 1. The summed E-state index contributed by atoms with van der Waals surface area (Å²) in [5.74, 6) is 0.931. The summed E-state index contributed by atoms with van der Waals surface area (Å²) in [7, 11) is 1.57. The SMILES string of the molecule is COc1ccc(-c2nc(N)[nH]c2Cl)c(Cl)c1. The van der Waals surface area contributed by atoms with Crippen LogP contribution in [0.1, 0.15) is 0 Å². The zero-order valence-corrected chi connectivity index (χ0v) is 9.93. The van der Waals surface area contributed by atoms with Gasteiger partial charge in [0.1, 0.15) is 16.6 Å². The van der Waals surface area contributed by atoms with Gasteiger partial charge in [0.25, 0.3) is 0 Å². The van der Waals surface area contributed by atoms with E-state index in [0.717, 1.165) is 0 Å². The van der Waals surface area contributed by atoms with Gasteiger partial charge >= 0.3 is 0 Å². The molecule has 0 unspecified atom stereocenters. The molecule has 4 nitrogen and oxygen atoms in total. The molecule has 0 atom stereocenters. The molecular formula is C10H9Cl2N3O. The first-order valence-electron chi connectivity index (χ1n) is 4.46. The fourth-order valence-electron chi connectivity index (χ4n) is 1.36. The molecule has 16 heavy (non-hydrogen) atoms. The van der Waals surface area contributed by atoms with Crippen molar-refractivity contribution in [1.82, 2.24) is 9.97 Å². The number of halogens is 2. The maximum Gasteiger partial charge on any atom is 0.199 e. The molecular weight excluding hydrogens is 249 g/mol. The first kappa shape index (κ1) is 11.1. The van der Waals surface area contributed by atoms with E-state index >= 15 is 0 Å². The van der Waals surface area contributed by atoms with E-state index in [0.29, 0.717) is 27.2 Å². The van der Waals surface area contributed by atoms with E-state index in [9.17, 15) is 0 Å². The molecule has 1 heterocycles. The summed E-state index contributed by atoms with van der Waals surface area (Å²) < 4.78 is 5.05. The Morgan fingerprint density at radius 1 is 1.38 bits per heavy atom. The Morgan fingerprint density at radius 2 is 2.12 bits per heavy atom. The molecule has 0 radical (unpaired) electrons. The first-order chi connectivity index (χ1) is 7.61. The summed E-state index contributed by atoms with van der Waals surface area (Å²) in [4.78, 5) is 6.77. The third kappa shape index (κ3) is 1.94. The van der Waals surface area contributed by atoms with Gasteiger partial charge in [0.2, 0.25) is 0 Å². The zero-order valence-electron chi connectivity index (χ0n) is 8.42. The van der Waals surface area contributed by atoms with Crippen molar-refractivity contribution in [2.24, 2.45) is 0 Å². The van der Waals surface area contributed by atoms with Gasteiger partial charge in [0.15, 0.2) is 5.95 Å². The highest BCUT2D eigenvalue weighted by Crippen LogP contribution is 2.34. The number of hydrogen-bond acceptors (Lipinski definition) is 3. The molecule has 0 amide bonds. The summed E-state index contributed by atoms with van der Waals surface area (Å²) >= 11 is 12.0. The lowest BCUT2D eigenvalue weighted by Crippen LogP contribution is -1.87. The minimum atomic E-state index is 0.256. The lowest BCUT2D eigenvalue weighted by molar-refractivity contribution is 0.415. The molecule has 0 bridgehead atoms. The third-order valence-electron chi connectivity index (χ3n) is 2.11. The van der Waals surface area contributed by atoms with Gasteiger partial charge in [-0.2, -0.15) is 0 Å². The standard InChI is InChI=1S/C10H9Cl2N3O/c1-16-5-2-3-6(7(11)4-5)8-9(12)15-10(13)14-8/h2-4H,1H3,(H3,13,14,15). The molecule has 0 aliphatic heterocycles. The smallest absolute Gasteiger partial charge is 0.199 e. The average molecular weight is 258 g/mol. The number of nitrogens with two attached hydrogens (primary N) is 1. The molecule has 0 aliphatic rings. The van der Waals surface area contributed by atoms with Crippen molar-refractivity contribution in [2.45, 2.75) is 0 Å². The molecule has 0 saturated carbocycles.